The molecule has 7 rings (SSSR count). The molecule has 2 aliphatic carbocycles. The lowest BCUT2D eigenvalue weighted by molar-refractivity contribution is -0.00581. The molecular formula is C33H38F2N6OS. The molecule has 1 unspecified atom stereocenters. The van der Waals surface area contributed by atoms with Gasteiger partial charge in [-0.15, -0.1) is 0 Å². The number of fused-ring (bicyclic) bond motifs is 1. The summed E-state index contributed by atoms with van der Waals surface area (Å²) in [5, 5.41) is 9.88. The molecule has 2 saturated heterocycles. The van der Waals surface area contributed by atoms with Gasteiger partial charge < -0.3 is 14.4 Å². The molecule has 7 nitrogen and oxygen atoms in total. The summed E-state index contributed by atoms with van der Waals surface area (Å²) in [7, 11) is 0. The van der Waals surface area contributed by atoms with E-state index in [2.05, 4.69) is 20.7 Å². The van der Waals surface area contributed by atoms with E-state index in [-0.39, 0.29) is 11.3 Å². The Kier molecular flexibility index (Phi) is 8.14. The van der Waals surface area contributed by atoms with E-state index in [0.717, 1.165) is 17.3 Å². The number of likely N-dealkylation sites (tertiary alicyclic amines) is 1. The monoisotopic (exact) mass is 604 g/mol. The Morgan fingerprint density at radius 1 is 1.02 bits per heavy atom. The summed E-state index contributed by atoms with van der Waals surface area (Å²) < 4.78 is 39.4. The molecule has 1 N–H and O–H groups in total. The van der Waals surface area contributed by atoms with E-state index in [9.17, 15) is 14.0 Å². The molecule has 1 aromatic heterocycles. The molecule has 4 fully saturated rings. The van der Waals surface area contributed by atoms with Gasteiger partial charge in [0.15, 0.2) is 11.6 Å². The summed E-state index contributed by atoms with van der Waals surface area (Å²) in [4.78, 5) is 12.4. The smallest absolute Gasteiger partial charge is 0.182 e. The van der Waals surface area contributed by atoms with Gasteiger partial charge in [-0.1, -0.05) is 19.3 Å². The van der Waals surface area contributed by atoms with Crippen LogP contribution >= 0.6 is 12.1 Å². The minimum atomic E-state index is -0.858. The van der Waals surface area contributed by atoms with E-state index >= 15 is 0 Å². The molecule has 0 bridgehead atoms. The van der Waals surface area contributed by atoms with Gasteiger partial charge in [-0.3, -0.25) is 4.98 Å². The van der Waals surface area contributed by atoms with E-state index in [4.69, 9.17) is 9.72 Å². The van der Waals surface area contributed by atoms with Crippen molar-refractivity contribution in [1.82, 2.24) is 19.2 Å². The molecule has 0 radical (unpaired) electrons. The molecule has 3 aromatic rings. The van der Waals surface area contributed by atoms with Crippen LogP contribution in [0, 0.1) is 22.6 Å². The summed E-state index contributed by atoms with van der Waals surface area (Å²) in [6.45, 7) is 3.38. The van der Waals surface area contributed by atoms with Crippen molar-refractivity contribution in [3.63, 3.8) is 0 Å². The van der Waals surface area contributed by atoms with Gasteiger partial charge in [-0.05, 0) is 87.7 Å². The maximum atomic E-state index is 14.9. The number of aromatic nitrogens is 2. The average molecular weight is 605 g/mol. The van der Waals surface area contributed by atoms with Gasteiger partial charge in [-0.2, -0.15) is 5.26 Å². The number of hydrogen-bond acceptors (Lipinski definition) is 8. The number of ether oxygens (including phenoxy) is 1. The highest BCUT2D eigenvalue weighted by atomic mass is 32.2. The molecule has 1 spiro atoms. The van der Waals surface area contributed by atoms with Crippen LogP contribution in [0.1, 0.15) is 81.4 Å². The highest BCUT2D eigenvalue weighted by Gasteiger charge is 2.47. The van der Waals surface area contributed by atoms with Gasteiger partial charge in [-0.25, -0.2) is 18.1 Å². The third kappa shape index (κ3) is 6.04. The Labute approximate surface area is 256 Å². The zero-order chi connectivity index (χ0) is 29.4. The number of rotatable bonds is 7. The predicted octanol–water partition coefficient (Wildman–Crippen LogP) is 7.74. The number of nitriles is 1. The van der Waals surface area contributed by atoms with Crippen LogP contribution < -0.4 is 9.46 Å². The molecule has 43 heavy (non-hydrogen) atoms. The number of piperidine rings is 1. The normalized spacial score (nSPS) is 23.3. The van der Waals surface area contributed by atoms with Crippen LogP contribution in [0.2, 0.25) is 0 Å². The summed E-state index contributed by atoms with van der Waals surface area (Å²) in [5.41, 5.74) is 3.37. The number of anilines is 1. The Hall–Kier alpha value is -3.00. The third-order valence-electron chi connectivity index (χ3n) is 10.1. The Morgan fingerprint density at radius 3 is 2.58 bits per heavy atom. The molecule has 3 heterocycles. The average Bonchev–Trinajstić information content (AvgIpc) is 3.45. The fourth-order valence-electron chi connectivity index (χ4n) is 7.53. The van der Waals surface area contributed by atoms with Crippen molar-refractivity contribution >= 4 is 28.9 Å². The minimum absolute atomic E-state index is 0.0535. The molecular weight excluding hydrogens is 566 g/mol. The molecule has 4 aliphatic rings. The number of halogens is 2. The van der Waals surface area contributed by atoms with E-state index in [1.807, 2.05) is 16.6 Å². The first-order valence-electron chi connectivity index (χ1n) is 15.7. The Morgan fingerprint density at radius 2 is 1.84 bits per heavy atom. The van der Waals surface area contributed by atoms with E-state index in [0.29, 0.717) is 47.8 Å². The second-order valence-corrected chi connectivity index (χ2v) is 13.8. The largest absolute Gasteiger partial charge is 0.453 e. The van der Waals surface area contributed by atoms with Gasteiger partial charge in [0.25, 0.3) is 0 Å². The highest BCUT2D eigenvalue weighted by Crippen LogP contribution is 2.56. The third-order valence-corrected chi connectivity index (χ3v) is 11.0. The van der Waals surface area contributed by atoms with Crippen LogP contribution in [0.15, 0.2) is 36.5 Å². The minimum Gasteiger partial charge on any atom is -0.453 e. The SMILES string of the molecule is N#Cc1c(NSN2CCC(F)C2)ccc(F)c1Oc1ccc2ncc(C3CC4(CCN(C5CCCCC5)CC4)C3)nc2c1. The van der Waals surface area contributed by atoms with Crippen LogP contribution in [-0.2, 0) is 0 Å². The predicted molar refractivity (Wildman–Crippen MR) is 165 cm³/mol. The lowest BCUT2D eigenvalue weighted by Crippen LogP contribution is -2.49. The first kappa shape index (κ1) is 28.8. The summed E-state index contributed by atoms with van der Waals surface area (Å²) in [6, 6.07) is 10.9. The van der Waals surface area contributed by atoms with Gasteiger partial charge in [0.05, 0.1) is 22.4 Å². The molecule has 0 amide bonds. The molecule has 2 aliphatic heterocycles. The lowest BCUT2D eigenvalue weighted by atomic mass is 9.56. The van der Waals surface area contributed by atoms with Crippen molar-refractivity contribution in [2.75, 3.05) is 30.9 Å². The van der Waals surface area contributed by atoms with Crippen LogP contribution in [-0.4, -0.2) is 57.6 Å². The number of nitrogens with zero attached hydrogens (tertiary/aromatic N) is 5. The summed E-state index contributed by atoms with van der Waals surface area (Å²) in [5.74, 6) is 0.0150. The maximum absolute atomic E-state index is 14.9. The number of nitrogens with one attached hydrogen (secondary N) is 1. The Bertz CT molecular complexity index is 1510. The quantitative estimate of drug-likeness (QED) is 0.275. The van der Waals surface area contributed by atoms with Crippen molar-refractivity contribution in [2.45, 2.75) is 82.3 Å². The second-order valence-electron chi connectivity index (χ2n) is 12.9. The Balaban J connectivity index is 1.02. The van der Waals surface area contributed by atoms with Crippen LogP contribution in [0.25, 0.3) is 11.0 Å². The molecule has 2 aromatic carbocycles. The topological polar surface area (TPSA) is 77.3 Å². The molecule has 226 valence electrons. The van der Waals surface area contributed by atoms with Gasteiger partial charge in [0.1, 0.15) is 23.6 Å². The standard InChI is InChI=1S/C33H38F2N6OS/c34-23-10-13-41(21-23)43-39-28-9-7-27(35)32(26(28)19-36)42-25-6-8-29-30(16-25)38-31(20-37-29)22-17-33(18-22)11-14-40(15-12-33)24-4-2-1-3-5-24/h6-9,16,20,22-24,39H,1-5,10-15,17-18,21H2. The van der Waals surface area contributed by atoms with E-state index in [1.54, 1.807) is 12.1 Å². The van der Waals surface area contributed by atoms with E-state index in [1.165, 1.54) is 95.1 Å². The zero-order valence-electron chi connectivity index (χ0n) is 24.4. The molecule has 10 heteroatoms. The molecule has 1 atom stereocenters. The first-order valence-corrected chi connectivity index (χ1v) is 16.5. The number of benzene rings is 2. The maximum Gasteiger partial charge on any atom is 0.182 e. The van der Waals surface area contributed by atoms with E-state index < -0.39 is 12.0 Å². The fourth-order valence-corrected chi connectivity index (χ4v) is 8.36. The van der Waals surface area contributed by atoms with Crippen LogP contribution in [0.4, 0.5) is 14.5 Å². The van der Waals surface area contributed by atoms with Crippen molar-refractivity contribution < 1.29 is 13.5 Å². The van der Waals surface area contributed by atoms with Crippen molar-refractivity contribution in [3.8, 4) is 17.6 Å². The van der Waals surface area contributed by atoms with Crippen molar-refractivity contribution in [3.05, 3.63) is 53.6 Å². The second kappa shape index (κ2) is 12.2. The van der Waals surface area contributed by atoms with Gasteiger partial charge in [0, 0.05) is 49.4 Å². The summed E-state index contributed by atoms with van der Waals surface area (Å²) in [6.07, 6.45) is 13.4. The number of alkyl halides is 1. The van der Waals surface area contributed by atoms with Crippen LogP contribution in [0.5, 0.6) is 11.5 Å². The molecule has 2 saturated carbocycles. The van der Waals surface area contributed by atoms with Gasteiger partial charge >= 0.3 is 0 Å². The van der Waals surface area contributed by atoms with Crippen molar-refractivity contribution in [1.29, 1.82) is 5.26 Å². The summed E-state index contributed by atoms with van der Waals surface area (Å²) >= 11 is 1.21. The zero-order valence-corrected chi connectivity index (χ0v) is 25.2. The number of hydrogen-bond donors (Lipinski definition) is 1. The lowest BCUT2D eigenvalue weighted by Gasteiger charge is -2.53. The van der Waals surface area contributed by atoms with Crippen LogP contribution in [0.3, 0.4) is 0 Å². The van der Waals surface area contributed by atoms with Crippen molar-refractivity contribution in [2.24, 2.45) is 5.41 Å². The van der Waals surface area contributed by atoms with Gasteiger partial charge in [0.2, 0.25) is 0 Å². The highest BCUT2D eigenvalue weighted by molar-refractivity contribution is 7.98. The fraction of sp³-hybridized carbons (Fsp3) is 0.545. The first-order chi connectivity index (χ1) is 21.0.